The molecule has 0 fully saturated rings. The molecule has 0 amide bonds. The fourth-order valence-electron chi connectivity index (χ4n) is 3.59. The highest BCUT2D eigenvalue weighted by Gasteiger charge is 2.17. The fourth-order valence-corrected chi connectivity index (χ4v) is 3.59. The zero-order chi connectivity index (χ0) is 21.8. The predicted molar refractivity (Wildman–Crippen MR) is 122 cm³/mol. The highest BCUT2D eigenvalue weighted by molar-refractivity contribution is 5.87. The lowest BCUT2D eigenvalue weighted by atomic mass is 9.85. The smallest absolute Gasteiger partial charge is 0.335 e. The number of hydrogen-bond acceptors (Lipinski definition) is 3. The first-order chi connectivity index (χ1) is 13.8. The highest BCUT2D eigenvalue weighted by atomic mass is 16.5. The van der Waals surface area contributed by atoms with Gasteiger partial charge in [0, 0.05) is 0 Å². The van der Waals surface area contributed by atoms with Crippen molar-refractivity contribution in [3.8, 4) is 0 Å². The Labute approximate surface area is 178 Å². The molecule has 3 nitrogen and oxygen atoms in total. The van der Waals surface area contributed by atoms with E-state index in [4.69, 9.17) is 9.84 Å². The third-order valence-electron chi connectivity index (χ3n) is 6.21. The summed E-state index contributed by atoms with van der Waals surface area (Å²) >= 11 is 0. The molecule has 0 aliphatic heterocycles. The molecule has 0 saturated carbocycles. The molecule has 0 aromatic heterocycles. The zero-order valence-electron chi connectivity index (χ0n) is 19.3. The predicted octanol–water partition coefficient (Wildman–Crippen LogP) is 6.23. The van der Waals surface area contributed by atoms with Crippen molar-refractivity contribution in [2.24, 2.45) is 11.8 Å². The van der Waals surface area contributed by atoms with E-state index in [1.807, 2.05) is 0 Å². The molecule has 3 heteroatoms. The molecule has 1 aromatic rings. The Hall–Kier alpha value is -1.61. The molecular weight excluding hydrogens is 360 g/mol. The largest absolute Gasteiger partial charge is 0.462 e. The van der Waals surface area contributed by atoms with Gasteiger partial charge in [0.15, 0.2) is 0 Å². The van der Waals surface area contributed by atoms with Crippen LogP contribution in [-0.4, -0.2) is 24.3 Å². The number of aliphatic hydroxyl groups is 1. The molecule has 29 heavy (non-hydrogen) atoms. The molecule has 0 saturated heterocycles. The number of hydrogen-bond donors (Lipinski definition) is 1. The number of carbonyl (C=O) groups is 1. The molecule has 0 radical (unpaired) electrons. The van der Waals surface area contributed by atoms with Gasteiger partial charge in [-0.3, -0.25) is 0 Å². The second-order valence-electron chi connectivity index (χ2n) is 8.63. The third-order valence-corrected chi connectivity index (χ3v) is 6.21. The Balaban J connectivity index is 2.54. The van der Waals surface area contributed by atoms with Gasteiger partial charge in [-0.05, 0) is 66.5 Å². The van der Waals surface area contributed by atoms with Gasteiger partial charge in [0.2, 0.25) is 0 Å². The normalized spacial score (nSPS) is 14.3. The van der Waals surface area contributed by atoms with Gasteiger partial charge in [0.1, 0.15) is 0 Å². The van der Waals surface area contributed by atoms with Crippen LogP contribution in [0.1, 0.15) is 89.3 Å². The summed E-state index contributed by atoms with van der Waals surface area (Å²) in [7, 11) is 0. The first kappa shape index (κ1) is 25.4. The minimum Gasteiger partial charge on any atom is -0.462 e. The quantitative estimate of drug-likeness (QED) is 0.228. The van der Waals surface area contributed by atoms with Crippen molar-refractivity contribution in [1.82, 2.24) is 0 Å². The topological polar surface area (TPSA) is 46.5 Å². The van der Waals surface area contributed by atoms with Crippen LogP contribution in [0.4, 0.5) is 0 Å². The Morgan fingerprint density at radius 2 is 1.79 bits per heavy atom. The summed E-state index contributed by atoms with van der Waals surface area (Å²) in [6, 6.07) is 7.09. The molecule has 0 heterocycles. The molecule has 164 valence electrons. The van der Waals surface area contributed by atoms with Crippen LogP contribution in [0.25, 0.3) is 0 Å². The molecule has 0 aliphatic carbocycles. The Bertz CT molecular complexity index is 635. The lowest BCUT2D eigenvalue weighted by molar-refractivity contribution is -0.141. The molecule has 3 atom stereocenters. The van der Waals surface area contributed by atoms with Crippen molar-refractivity contribution >= 4 is 5.97 Å². The van der Waals surface area contributed by atoms with Crippen molar-refractivity contribution in [1.29, 1.82) is 0 Å². The first-order valence-corrected chi connectivity index (χ1v) is 11.4. The van der Waals surface area contributed by atoms with Gasteiger partial charge >= 0.3 is 5.97 Å². The van der Waals surface area contributed by atoms with Crippen LogP contribution >= 0.6 is 0 Å². The van der Waals surface area contributed by atoms with E-state index in [0.717, 1.165) is 19.3 Å². The number of rotatable bonds is 14. The maximum Gasteiger partial charge on any atom is 0.335 e. The van der Waals surface area contributed by atoms with E-state index in [1.165, 1.54) is 42.4 Å². The number of aryl methyl sites for hydroxylation is 2. The summed E-state index contributed by atoms with van der Waals surface area (Å²) in [6.45, 7) is 14.7. The average molecular weight is 403 g/mol. The van der Waals surface area contributed by atoms with E-state index in [-0.39, 0.29) is 18.1 Å². The van der Waals surface area contributed by atoms with E-state index in [0.29, 0.717) is 18.4 Å². The van der Waals surface area contributed by atoms with Crippen LogP contribution in [0.15, 0.2) is 30.4 Å². The van der Waals surface area contributed by atoms with Crippen LogP contribution < -0.4 is 0 Å². The molecule has 1 N–H and O–H groups in total. The van der Waals surface area contributed by atoms with E-state index in [2.05, 4.69) is 59.4 Å². The fraction of sp³-hybridized carbons (Fsp3) is 0.654. The van der Waals surface area contributed by atoms with Crippen molar-refractivity contribution in [2.45, 2.75) is 85.5 Å². The van der Waals surface area contributed by atoms with Gasteiger partial charge in [-0.1, -0.05) is 72.2 Å². The van der Waals surface area contributed by atoms with Gasteiger partial charge in [-0.25, -0.2) is 4.79 Å². The van der Waals surface area contributed by atoms with Crippen LogP contribution in [0.2, 0.25) is 0 Å². The molecule has 0 bridgehead atoms. The number of carbonyl (C=O) groups excluding carboxylic acids is 1. The van der Waals surface area contributed by atoms with Gasteiger partial charge < -0.3 is 9.84 Å². The number of unbranched alkanes of at least 4 members (excludes halogenated alkanes) is 2. The Morgan fingerprint density at radius 3 is 2.41 bits per heavy atom. The SMILES string of the molecule is C=C(CO)C(=O)OCC(C)C(C)CCC(C)c1ccc(CCCCC)c(CC)c1. The van der Waals surface area contributed by atoms with Crippen LogP contribution in [0.5, 0.6) is 0 Å². The number of aliphatic hydroxyl groups excluding tert-OH is 1. The van der Waals surface area contributed by atoms with E-state index >= 15 is 0 Å². The van der Waals surface area contributed by atoms with Crippen LogP contribution in [0, 0.1) is 11.8 Å². The summed E-state index contributed by atoms with van der Waals surface area (Å²) in [4.78, 5) is 11.6. The summed E-state index contributed by atoms with van der Waals surface area (Å²) < 4.78 is 5.25. The van der Waals surface area contributed by atoms with Crippen LogP contribution in [-0.2, 0) is 22.4 Å². The lowest BCUT2D eigenvalue weighted by Crippen LogP contribution is -2.19. The minimum absolute atomic E-state index is 0.114. The minimum atomic E-state index is -0.494. The molecule has 3 unspecified atom stereocenters. The monoisotopic (exact) mass is 402 g/mol. The highest BCUT2D eigenvalue weighted by Crippen LogP contribution is 2.28. The van der Waals surface area contributed by atoms with Gasteiger partial charge in [-0.2, -0.15) is 0 Å². The van der Waals surface area contributed by atoms with Gasteiger partial charge in [0.05, 0.1) is 18.8 Å². The third kappa shape index (κ3) is 8.74. The Kier molecular flexibility index (Phi) is 11.9. The van der Waals surface area contributed by atoms with E-state index in [1.54, 1.807) is 0 Å². The Morgan fingerprint density at radius 1 is 1.07 bits per heavy atom. The average Bonchev–Trinajstić information content (AvgIpc) is 2.74. The van der Waals surface area contributed by atoms with Gasteiger partial charge in [-0.15, -0.1) is 0 Å². The summed E-state index contributed by atoms with van der Waals surface area (Å²) in [5.74, 6) is 0.777. The molecule has 0 aliphatic rings. The maximum absolute atomic E-state index is 11.6. The first-order valence-electron chi connectivity index (χ1n) is 11.4. The van der Waals surface area contributed by atoms with Crippen LogP contribution in [0.3, 0.4) is 0 Å². The van der Waals surface area contributed by atoms with Crippen molar-refractivity contribution in [3.05, 3.63) is 47.0 Å². The molecular formula is C26H42O3. The summed E-state index contributed by atoms with van der Waals surface area (Å²) in [5, 5.41) is 8.94. The van der Waals surface area contributed by atoms with Crippen molar-refractivity contribution < 1.29 is 14.6 Å². The molecule has 0 spiro atoms. The van der Waals surface area contributed by atoms with Crippen molar-refractivity contribution in [2.75, 3.05) is 13.2 Å². The lowest BCUT2D eigenvalue weighted by Gasteiger charge is -2.22. The standard InChI is InChI=1S/C26H42O3/c1-7-9-10-11-24-14-15-25(16-23(24)8-2)20(4)13-12-19(3)22(6)18-29-26(28)21(5)17-27/h14-16,19-20,22,27H,5,7-13,17-18H2,1-4,6H3. The zero-order valence-corrected chi connectivity index (χ0v) is 19.3. The maximum atomic E-state index is 11.6. The summed E-state index contributed by atoms with van der Waals surface area (Å²) in [5.41, 5.74) is 4.57. The molecule has 1 rings (SSSR count). The molecule has 1 aromatic carbocycles. The second-order valence-corrected chi connectivity index (χ2v) is 8.63. The number of esters is 1. The number of ether oxygens (including phenoxy) is 1. The second kappa shape index (κ2) is 13.6. The number of benzene rings is 1. The van der Waals surface area contributed by atoms with Crippen molar-refractivity contribution in [3.63, 3.8) is 0 Å². The summed E-state index contributed by atoms with van der Waals surface area (Å²) in [6.07, 6.45) is 8.37. The van der Waals surface area contributed by atoms with Gasteiger partial charge in [0.25, 0.3) is 0 Å². The van der Waals surface area contributed by atoms with E-state index < -0.39 is 5.97 Å². The van der Waals surface area contributed by atoms with E-state index in [9.17, 15) is 4.79 Å².